The van der Waals surface area contributed by atoms with Crippen molar-refractivity contribution >= 4 is 28.9 Å². The molecule has 0 aliphatic rings. The van der Waals surface area contributed by atoms with E-state index in [0.29, 0.717) is 15.7 Å². The molecule has 0 aliphatic carbocycles. The van der Waals surface area contributed by atoms with E-state index in [1.165, 1.54) is 12.8 Å². The first kappa shape index (κ1) is 14.6. The number of nitrogens with zero attached hydrogens (tertiary/aromatic N) is 1. The second-order valence-electron chi connectivity index (χ2n) is 4.20. The molecule has 2 N–H and O–H groups in total. The average molecular weight is 275 g/mol. The van der Waals surface area contributed by atoms with Crippen molar-refractivity contribution in [2.45, 2.75) is 33.2 Å². The summed E-state index contributed by atoms with van der Waals surface area (Å²) in [4.78, 5) is 2.38. The normalized spacial score (nSPS) is 11.1. The Labute approximate surface area is 114 Å². The predicted octanol–water partition coefficient (Wildman–Crippen LogP) is 4.20. The van der Waals surface area contributed by atoms with Crippen LogP contribution >= 0.6 is 23.2 Å². The fourth-order valence-electron chi connectivity index (χ4n) is 1.72. The van der Waals surface area contributed by atoms with Crippen LogP contribution in [0, 0.1) is 0 Å². The molecule has 0 fully saturated rings. The number of hydrogen-bond acceptors (Lipinski definition) is 2. The van der Waals surface area contributed by atoms with Gasteiger partial charge in [-0.1, -0.05) is 43.5 Å². The molecule has 0 bridgehead atoms. The topological polar surface area (TPSA) is 29.3 Å². The van der Waals surface area contributed by atoms with Crippen LogP contribution in [0.25, 0.3) is 0 Å². The van der Waals surface area contributed by atoms with E-state index in [2.05, 4.69) is 18.7 Å². The monoisotopic (exact) mass is 274 g/mol. The molecule has 96 valence electrons. The lowest BCUT2D eigenvalue weighted by Gasteiger charge is -2.20. The maximum atomic E-state index is 6.02. The van der Waals surface area contributed by atoms with Crippen molar-refractivity contribution in [2.24, 2.45) is 0 Å². The van der Waals surface area contributed by atoms with Gasteiger partial charge in [-0.25, -0.2) is 0 Å². The van der Waals surface area contributed by atoms with Gasteiger partial charge in [0, 0.05) is 6.54 Å². The quantitative estimate of drug-likeness (QED) is 0.788. The van der Waals surface area contributed by atoms with Crippen LogP contribution in [-0.2, 0) is 6.54 Å². The molecule has 0 aromatic heterocycles. The Bertz CT molecular complexity index is 343. The second-order valence-corrected chi connectivity index (χ2v) is 5.01. The van der Waals surface area contributed by atoms with Gasteiger partial charge in [0.05, 0.1) is 15.7 Å². The fraction of sp³-hybridized carbons (Fsp3) is 0.538. The second kappa shape index (κ2) is 7.10. The highest BCUT2D eigenvalue weighted by atomic mass is 35.5. The Balaban J connectivity index is 2.72. The Morgan fingerprint density at radius 2 is 1.76 bits per heavy atom. The molecule has 2 nitrogen and oxygen atoms in total. The molecule has 0 amide bonds. The molecular weight excluding hydrogens is 255 g/mol. The molecule has 0 heterocycles. The van der Waals surface area contributed by atoms with Gasteiger partial charge in [-0.2, -0.15) is 0 Å². The molecule has 0 spiro atoms. The van der Waals surface area contributed by atoms with Gasteiger partial charge in [0.2, 0.25) is 0 Å². The van der Waals surface area contributed by atoms with Gasteiger partial charge in [0.1, 0.15) is 0 Å². The summed E-state index contributed by atoms with van der Waals surface area (Å²) in [5.74, 6) is 0. The smallest absolute Gasteiger partial charge is 0.0693 e. The average Bonchev–Trinajstić information content (AvgIpc) is 2.31. The standard InChI is InChI=1S/C13H20Cl2N2/c1-3-5-6-17(4-2)9-10-7-11(14)13(16)12(15)8-10/h7-8H,3-6,9,16H2,1-2H3. The summed E-state index contributed by atoms with van der Waals surface area (Å²) in [5, 5.41) is 1.08. The summed E-state index contributed by atoms with van der Waals surface area (Å²) in [6, 6.07) is 3.80. The van der Waals surface area contributed by atoms with E-state index in [1.807, 2.05) is 12.1 Å². The van der Waals surface area contributed by atoms with Crippen LogP contribution in [-0.4, -0.2) is 18.0 Å². The summed E-state index contributed by atoms with van der Waals surface area (Å²) in [7, 11) is 0. The van der Waals surface area contributed by atoms with Crippen molar-refractivity contribution in [1.29, 1.82) is 0 Å². The maximum Gasteiger partial charge on any atom is 0.0693 e. The minimum absolute atomic E-state index is 0.466. The highest BCUT2D eigenvalue weighted by Gasteiger charge is 2.08. The van der Waals surface area contributed by atoms with Crippen LogP contribution < -0.4 is 5.73 Å². The van der Waals surface area contributed by atoms with Crippen molar-refractivity contribution in [1.82, 2.24) is 4.90 Å². The summed E-state index contributed by atoms with van der Waals surface area (Å²) in [5.41, 5.74) is 7.30. The first-order valence-electron chi connectivity index (χ1n) is 6.04. The molecule has 1 rings (SSSR count). The van der Waals surface area contributed by atoms with Gasteiger partial charge in [0.15, 0.2) is 0 Å². The number of nitrogens with two attached hydrogens (primary N) is 1. The number of nitrogen functional groups attached to an aromatic ring is 1. The minimum atomic E-state index is 0.466. The molecule has 4 heteroatoms. The van der Waals surface area contributed by atoms with Crippen molar-refractivity contribution in [3.63, 3.8) is 0 Å². The number of hydrogen-bond donors (Lipinski definition) is 1. The number of anilines is 1. The fourth-order valence-corrected chi connectivity index (χ4v) is 2.25. The number of rotatable bonds is 6. The largest absolute Gasteiger partial charge is 0.396 e. The first-order valence-corrected chi connectivity index (χ1v) is 6.79. The highest BCUT2D eigenvalue weighted by molar-refractivity contribution is 6.38. The third-order valence-electron chi connectivity index (χ3n) is 2.82. The first-order chi connectivity index (χ1) is 8.08. The van der Waals surface area contributed by atoms with Crippen LogP contribution in [0.5, 0.6) is 0 Å². The van der Waals surface area contributed by atoms with Crippen LogP contribution in [0.1, 0.15) is 32.3 Å². The van der Waals surface area contributed by atoms with E-state index < -0.39 is 0 Å². The van der Waals surface area contributed by atoms with E-state index in [-0.39, 0.29) is 0 Å². The molecule has 1 aromatic carbocycles. The number of halogens is 2. The third-order valence-corrected chi connectivity index (χ3v) is 3.45. The molecule has 0 saturated heterocycles. The molecule has 0 saturated carbocycles. The zero-order chi connectivity index (χ0) is 12.8. The number of benzene rings is 1. The molecule has 0 atom stereocenters. The molecule has 0 unspecified atom stereocenters. The van der Waals surface area contributed by atoms with Crippen LogP contribution in [0.4, 0.5) is 5.69 Å². The number of unbranched alkanes of at least 4 members (excludes halogenated alkanes) is 1. The molecule has 0 aliphatic heterocycles. The van der Waals surface area contributed by atoms with Crippen molar-refractivity contribution in [3.8, 4) is 0 Å². The van der Waals surface area contributed by atoms with Gasteiger partial charge in [-0.15, -0.1) is 0 Å². The van der Waals surface area contributed by atoms with Crippen LogP contribution in [0.15, 0.2) is 12.1 Å². The van der Waals surface area contributed by atoms with Crippen molar-refractivity contribution < 1.29 is 0 Å². The van der Waals surface area contributed by atoms with Crippen LogP contribution in [0.2, 0.25) is 10.0 Å². The Hall–Kier alpha value is -0.440. The SMILES string of the molecule is CCCCN(CC)Cc1cc(Cl)c(N)c(Cl)c1. The third kappa shape index (κ3) is 4.38. The van der Waals surface area contributed by atoms with E-state index in [1.54, 1.807) is 0 Å². The Morgan fingerprint density at radius 3 is 2.24 bits per heavy atom. The Kier molecular flexibility index (Phi) is 6.10. The summed E-state index contributed by atoms with van der Waals surface area (Å²) < 4.78 is 0. The zero-order valence-electron chi connectivity index (χ0n) is 10.5. The van der Waals surface area contributed by atoms with E-state index in [0.717, 1.165) is 25.2 Å². The maximum absolute atomic E-state index is 6.02. The predicted molar refractivity (Wildman–Crippen MR) is 76.7 cm³/mol. The van der Waals surface area contributed by atoms with Crippen LogP contribution in [0.3, 0.4) is 0 Å². The summed E-state index contributed by atoms with van der Waals surface area (Å²) in [6.07, 6.45) is 2.42. The highest BCUT2D eigenvalue weighted by Crippen LogP contribution is 2.29. The zero-order valence-corrected chi connectivity index (χ0v) is 12.0. The minimum Gasteiger partial charge on any atom is -0.396 e. The molecule has 17 heavy (non-hydrogen) atoms. The summed E-state index contributed by atoms with van der Waals surface area (Å²) in [6.45, 7) is 7.36. The van der Waals surface area contributed by atoms with Crippen molar-refractivity contribution in [2.75, 3.05) is 18.8 Å². The molecule has 0 radical (unpaired) electrons. The van der Waals surface area contributed by atoms with Crippen molar-refractivity contribution in [3.05, 3.63) is 27.7 Å². The molecular formula is C13H20Cl2N2. The van der Waals surface area contributed by atoms with Gasteiger partial charge in [0.25, 0.3) is 0 Å². The van der Waals surface area contributed by atoms with E-state index in [4.69, 9.17) is 28.9 Å². The van der Waals surface area contributed by atoms with Gasteiger partial charge in [-0.3, -0.25) is 4.90 Å². The van der Waals surface area contributed by atoms with Gasteiger partial charge in [-0.05, 0) is 37.2 Å². The molecule has 1 aromatic rings. The lowest BCUT2D eigenvalue weighted by Crippen LogP contribution is -2.23. The Morgan fingerprint density at radius 1 is 1.18 bits per heavy atom. The van der Waals surface area contributed by atoms with E-state index >= 15 is 0 Å². The summed E-state index contributed by atoms with van der Waals surface area (Å²) >= 11 is 12.0. The van der Waals surface area contributed by atoms with E-state index in [9.17, 15) is 0 Å². The lowest BCUT2D eigenvalue weighted by molar-refractivity contribution is 0.275. The lowest BCUT2D eigenvalue weighted by atomic mass is 10.2. The van der Waals surface area contributed by atoms with Gasteiger partial charge >= 0.3 is 0 Å². The van der Waals surface area contributed by atoms with Gasteiger partial charge < -0.3 is 5.73 Å².